The van der Waals surface area contributed by atoms with E-state index in [9.17, 15) is 9.59 Å². The summed E-state index contributed by atoms with van der Waals surface area (Å²) in [4.78, 5) is 21.8. The third-order valence-electron chi connectivity index (χ3n) is 3.82. The molecule has 0 radical (unpaired) electrons. The summed E-state index contributed by atoms with van der Waals surface area (Å²) in [5.74, 6) is -0.982. The molecule has 1 spiro atoms. The monoisotopic (exact) mass is 197 g/mol. The minimum Gasteiger partial charge on any atom is -0.481 e. The molecule has 0 heterocycles. The van der Waals surface area contributed by atoms with E-state index in [-0.39, 0.29) is 23.3 Å². The van der Waals surface area contributed by atoms with Crippen LogP contribution in [0.2, 0.25) is 0 Å². The smallest absolute Gasteiger partial charge is 0.307 e. The van der Waals surface area contributed by atoms with Gasteiger partial charge in [-0.05, 0) is 19.3 Å². The lowest BCUT2D eigenvalue weighted by Crippen LogP contribution is -2.65. The molecule has 0 aromatic heterocycles. The van der Waals surface area contributed by atoms with Crippen LogP contribution in [0.4, 0.5) is 0 Å². The van der Waals surface area contributed by atoms with Crippen LogP contribution in [0, 0.1) is 11.3 Å². The van der Waals surface area contributed by atoms with E-state index in [0.29, 0.717) is 6.42 Å². The molecule has 2 aliphatic rings. The molecule has 2 atom stereocenters. The van der Waals surface area contributed by atoms with Crippen molar-refractivity contribution in [1.29, 1.82) is 0 Å². The Morgan fingerprint density at radius 1 is 1.43 bits per heavy atom. The van der Waals surface area contributed by atoms with Gasteiger partial charge in [0.05, 0.1) is 5.92 Å². The molecule has 2 aliphatic carbocycles. The van der Waals surface area contributed by atoms with E-state index in [2.05, 4.69) is 5.32 Å². The van der Waals surface area contributed by atoms with Crippen molar-refractivity contribution in [2.75, 3.05) is 0 Å². The van der Waals surface area contributed by atoms with E-state index in [0.717, 1.165) is 19.3 Å². The molecular weight excluding hydrogens is 182 g/mol. The number of carbonyl (C=O) groups excluding carboxylic acids is 1. The standard InChI is InChI=1S/C10H15NO3/c1-6(12)11-8-5-7(9(13)14)10(8)3-2-4-10/h7-8H,2-5H2,1H3,(H,11,12)(H,13,14). The van der Waals surface area contributed by atoms with E-state index in [1.807, 2.05) is 0 Å². The Morgan fingerprint density at radius 2 is 2.07 bits per heavy atom. The summed E-state index contributed by atoms with van der Waals surface area (Å²) in [5.41, 5.74) is -0.0997. The molecule has 14 heavy (non-hydrogen) atoms. The van der Waals surface area contributed by atoms with Crippen LogP contribution >= 0.6 is 0 Å². The van der Waals surface area contributed by atoms with Gasteiger partial charge >= 0.3 is 5.97 Å². The van der Waals surface area contributed by atoms with E-state index in [4.69, 9.17) is 5.11 Å². The Kier molecular flexibility index (Phi) is 2.01. The first-order chi connectivity index (χ1) is 6.56. The van der Waals surface area contributed by atoms with Crippen molar-refractivity contribution in [3.8, 4) is 0 Å². The van der Waals surface area contributed by atoms with Crippen molar-refractivity contribution in [2.24, 2.45) is 11.3 Å². The van der Waals surface area contributed by atoms with Crippen molar-refractivity contribution in [3.05, 3.63) is 0 Å². The number of hydrogen-bond donors (Lipinski definition) is 2. The number of carboxylic acids is 1. The number of carboxylic acid groups (broad SMARTS) is 1. The molecule has 0 bridgehead atoms. The van der Waals surface area contributed by atoms with Gasteiger partial charge in [-0.15, -0.1) is 0 Å². The van der Waals surface area contributed by atoms with Gasteiger partial charge in [-0.2, -0.15) is 0 Å². The highest BCUT2D eigenvalue weighted by atomic mass is 16.4. The molecule has 1 amide bonds. The van der Waals surface area contributed by atoms with Crippen LogP contribution in [0.25, 0.3) is 0 Å². The fourth-order valence-electron chi connectivity index (χ4n) is 2.86. The minimum absolute atomic E-state index is 0.0508. The van der Waals surface area contributed by atoms with E-state index >= 15 is 0 Å². The summed E-state index contributed by atoms with van der Waals surface area (Å²) in [6.45, 7) is 1.49. The second-order valence-electron chi connectivity index (χ2n) is 4.47. The largest absolute Gasteiger partial charge is 0.481 e. The molecule has 2 unspecified atom stereocenters. The number of aliphatic carboxylic acids is 1. The van der Waals surface area contributed by atoms with Crippen LogP contribution in [0.15, 0.2) is 0 Å². The van der Waals surface area contributed by atoms with Gasteiger partial charge in [-0.25, -0.2) is 0 Å². The molecule has 2 N–H and O–H groups in total. The summed E-state index contributed by atoms with van der Waals surface area (Å²) >= 11 is 0. The molecule has 4 heteroatoms. The second-order valence-corrected chi connectivity index (χ2v) is 4.47. The predicted octanol–water partition coefficient (Wildman–Crippen LogP) is 0.766. The number of amides is 1. The molecular formula is C10H15NO3. The van der Waals surface area contributed by atoms with Crippen LogP contribution < -0.4 is 5.32 Å². The maximum absolute atomic E-state index is 10.9. The van der Waals surface area contributed by atoms with Gasteiger partial charge in [0.25, 0.3) is 0 Å². The molecule has 0 saturated heterocycles. The summed E-state index contributed by atoms with van der Waals surface area (Å²) in [7, 11) is 0. The maximum atomic E-state index is 10.9. The number of carbonyl (C=O) groups is 2. The van der Waals surface area contributed by atoms with Gasteiger partial charge in [0.1, 0.15) is 0 Å². The first kappa shape index (κ1) is 9.49. The first-order valence-electron chi connectivity index (χ1n) is 5.06. The van der Waals surface area contributed by atoms with Crippen molar-refractivity contribution < 1.29 is 14.7 Å². The molecule has 0 aliphatic heterocycles. The zero-order valence-corrected chi connectivity index (χ0v) is 8.25. The molecule has 2 saturated carbocycles. The van der Waals surface area contributed by atoms with Crippen molar-refractivity contribution >= 4 is 11.9 Å². The minimum atomic E-state index is -0.702. The Labute approximate surface area is 82.7 Å². The summed E-state index contributed by atoms with van der Waals surface area (Å²) < 4.78 is 0. The highest BCUT2D eigenvalue weighted by Gasteiger charge is 2.61. The summed E-state index contributed by atoms with van der Waals surface area (Å²) in [6.07, 6.45) is 3.61. The second kappa shape index (κ2) is 2.97. The van der Waals surface area contributed by atoms with Crippen LogP contribution in [-0.2, 0) is 9.59 Å². The maximum Gasteiger partial charge on any atom is 0.307 e. The number of hydrogen-bond acceptors (Lipinski definition) is 2. The Morgan fingerprint density at radius 3 is 2.43 bits per heavy atom. The SMILES string of the molecule is CC(=O)NC1CC(C(=O)O)C12CCC2. The quantitative estimate of drug-likeness (QED) is 0.687. The lowest BCUT2D eigenvalue weighted by atomic mass is 9.47. The van der Waals surface area contributed by atoms with Crippen LogP contribution in [0.1, 0.15) is 32.6 Å². The average Bonchev–Trinajstić information content (AvgIpc) is 1.92. The molecule has 4 nitrogen and oxygen atoms in total. The third kappa shape index (κ3) is 1.13. The predicted molar refractivity (Wildman–Crippen MR) is 49.6 cm³/mol. The number of rotatable bonds is 2. The Balaban J connectivity index is 2.04. The summed E-state index contributed by atoms with van der Waals surface area (Å²) in [6, 6.07) is 0.106. The zero-order chi connectivity index (χ0) is 10.3. The zero-order valence-electron chi connectivity index (χ0n) is 8.25. The van der Waals surface area contributed by atoms with Crippen molar-refractivity contribution in [2.45, 2.75) is 38.6 Å². The average molecular weight is 197 g/mol. The van der Waals surface area contributed by atoms with Gasteiger partial charge in [0.2, 0.25) is 5.91 Å². The molecule has 2 rings (SSSR count). The fraction of sp³-hybridized carbons (Fsp3) is 0.800. The lowest BCUT2D eigenvalue weighted by molar-refractivity contribution is -0.169. The van der Waals surface area contributed by atoms with Crippen LogP contribution in [0.3, 0.4) is 0 Å². The Bertz CT molecular complexity index is 283. The van der Waals surface area contributed by atoms with Crippen molar-refractivity contribution in [3.63, 3.8) is 0 Å². The molecule has 78 valence electrons. The third-order valence-corrected chi connectivity index (χ3v) is 3.82. The van der Waals surface area contributed by atoms with E-state index in [1.54, 1.807) is 0 Å². The van der Waals surface area contributed by atoms with Crippen LogP contribution in [0.5, 0.6) is 0 Å². The topological polar surface area (TPSA) is 66.4 Å². The van der Waals surface area contributed by atoms with Gasteiger partial charge in [0, 0.05) is 18.4 Å². The normalized spacial score (nSPS) is 32.9. The van der Waals surface area contributed by atoms with Crippen molar-refractivity contribution in [1.82, 2.24) is 5.32 Å². The van der Waals surface area contributed by atoms with Crippen LogP contribution in [-0.4, -0.2) is 23.0 Å². The van der Waals surface area contributed by atoms with Gasteiger partial charge in [0.15, 0.2) is 0 Å². The van der Waals surface area contributed by atoms with Gasteiger partial charge in [-0.3, -0.25) is 9.59 Å². The molecule has 2 fully saturated rings. The lowest BCUT2D eigenvalue weighted by Gasteiger charge is -2.59. The fourth-order valence-corrected chi connectivity index (χ4v) is 2.86. The highest BCUT2D eigenvalue weighted by Crippen LogP contribution is 2.59. The Hall–Kier alpha value is -1.06. The van der Waals surface area contributed by atoms with Gasteiger partial charge in [-0.1, -0.05) is 6.42 Å². The first-order valence-corrected chi connectivity index (χ1v) is 5.06. The highest BCUT2D eigenvalue weighted by molar-refractivity contribution is 5.76. The van der Waals surface area contributed by atoms with E-state index in [1.165, 1.54) is 6.92 Å². The number of nitrogens with one attached hydrogen (secondary N) is 1. The van der Waals surface area contributed by atoms with Gasteiger partial charge < -0.3 is 10.4 Å². The van der Waals surface area contributed by atoms with E-state index < -0.39 is 5.97 Å². The molecule has 0 aromatic carbocycles. The summed E-state index contributed by atoms with van der Waals surface area (Å²) in [5, 5.41) is 11.8. The molecule has 0 aromatic rings.